The summed E-state index contributed by atoms with van der Waals surface area (Å²) in [7, 11) is 0. The molecule has 2 fully saturated rings. The molecule has 132 valence electrons. The van der Waals surface area contributed by atoms with Crippen LogP contribution in [0.1, 0.15) is 44.9 Å². The quantitative estimate of drug-likeness (QED) is 0.439. The number of carbonyl (C=O) groups excluding carboxylic acids is 2. The molecule has 4 nitrogen and oxygen atoms in total. The lowest BCUT2D eigenvalue weighted by atomic mass is 9.97. The molecule has 0 N–H and O–H groups in total. The van der Waals surface area contributed by atoms with Gasteiger partial charge in [-0.15, -0.1) is 0 Å². The third kappa shape index (κ3) is 8.34. The average Bonchev–Trinajstić information content (AvgIpc) is 2.53. The lowest BCUT2D eigenvalue weighted by molar-refractivity contribution is -0.150. The van der Waals surface area contributed by atoms with Crippen molar-refractivity contribution < 1.29 is 19.1 Å². The largest absolute Gasteiger partial charge is 0.466 e. The SMILES string of the molecule is O=C1CC(CCSCCCSCCC2CCOC(=O)C2)CCO1. The van der Waals surface area contributed by atoms with Crippen LogP contribution in [-0.4, -0.2) is 48.2 Å². The highest BCUT2D eigenvalue weighted by Gasteiger charge is 2.20. The van der Waals surface area contributed by atoms with Gasteiger partial charge in [-0.1, -0.05) is 0 Å². The number of hydrogen-bond acceptors (Lipinski definition) is 6. The highest BCUT2D eigenvalue weighted by Crippen LogP contribution is 2.23. The summed E-state index contributed by atoms with van der Waals surface area (Å²) in [6.45, 7) is 1.23. The van der Waals surface area contributed by atoms with E-state index in [9.17, 15) is 9.59 Å². The average molecular weight is 361 g/mol. The number of esters is 2. The number of rotatable bonds is 10. The molecular weight excluding hydrogens is 332 g/mol. The van der Waals surface area contributed by atoms with Crippen molar-refractivity contribution in [1.29, 1.82) is 0 Å². The molecule has 2 saturated heterocycles. The van der Waals surface area contributed by atoms with Crippen LogP contribution in [0.4, 0.5) is 0 Å². The Labute approximate surface area is 147 Å². The van der Waals surface area contributed by atoms with Gasteiger partial charge in [0.25, 0.3) is 0 Å². The lowest BCUT2D eigenvalue weighted by Crippen LogP contribution is -2.21. The molecule has 0 amide bonds. The summed E-state index contributed by atoms with van der Waals surface area (Å²) >= 11 is 4.02. The molecule has 0 saturated carbocycles. The number of hydrogen-bond donors (Lipinski definition) is 0. The van der Waals surface area contributed by atoms with E-state index in [0.717, 1.165) is 37.2 Å². The number of carbonyl (C=O) groups is 2. The van der Waals surface area contributed by atoms with Gasteiger partial charge in [0.2, 0.25) is 0 Å². The molecule has 0 bridgehead atoms. The fourth-order valence-electron chi connectivity index (χ4n) is 2.93. The molecule has 23 heavy (non-hydrogen) atoms. The molecule has 2 rings (SSSR count). The Morgan fingerprint density at radius 2 is 1.26 bits per heavy atom. The molecule has 0 spiro atoms. The predicted octanol–water partition coefficient (Wildman–Crippen LogP) is 3.53. The fraction of sp³-hybridized carbons (Fsp3) is 0.882. The zero-order chi connectivity index (χ0) is 16.3. The van der Waals surface area contributed by atoms with Crippen molar-refractivity contribution >= 4 is 35.5 Å². The number of cyclic esters (lactones) is 2. The van der Waals surface area contributed by atoms with Crippen LogP contribution in [0.25, 0.3) is 0 Å². The molecule has 2 aliphatic heterocycles. The van der Waals surface area contributed by atoms with Crippen LogP contribution in [0.3, 0.4) is 0 Å². The third-order valence-corrected chi connectivity index (χ3v) is 6.61. The molecule has 2 aliphatic rings. The summed E-state index contributed by atoms with van der Waals surface area (Å²) in [6.07, 6.45) is 6.84. The van der Waals surface area contributed by atoms with Crippen molar-refractivity contribution in [3.05, 3.63) is 0 Å². The topological polar surface area (TPSA) is 52.6 Å². The third-order valence-electron chi connectivity index (χ3n) is 4.41. The molecule has 0 radical (unpaired) electrons. The summed E-state index contributed by atoms with van der Waals surface area (Å²) in [4.78, 5) is 22.4. The Hall–Kier alpha value is -0.360. The molecule has 0 aromatic rings. The summed E-state index contributed by atoms with van der Waals surface area (Å²) in [5.74, 6) is 5.78. The first-order valence-electron chi connectivity index (χ1n) is 8.71. The fourth-order valence-corrected chi connectivity index (χ4v) is 5.22. The number of ether oxygens (including phenoxy) is 2. The monoisotopic (exact) mass is 360 g/mol. The molecule has 6 heteroatoms. The summed E-state index contributed by atoms with van der Waals surface area (Å²) < 4.78 is 9.93. The molecule has 2 atom stereocenters. The highest BCUT2D eigenvalue weighted by atomic mass is 32.2. The van der Waals surface area contributed by atoms with Crippen LogP contribution in [0.2, 0.25) is 0 Å². The predicted molar refractivity (Wildman–Crippen MR) is 95.9 cm³/mol. The van der Waals surface area contributed by atoms with E-state index in [1.165, 1.54) is 17.9 Å². The minimum Gasteiger partial charge on any atom is -0.466 e. The van der Waals surface area contributed by atoms with Crippen LogP contribution in [0, 0.1) is 11.8 Å². The first kappa shape index (κ1) is 19.0. The van der Waals surface area contributed by atoms with Crippen LogP contribution < -0.4 is 0 Å². The zero-order valence-electron chi connectivity index (χ0n) is 13.8. The van der Waals surface area contributed by atoms with Gasteiger partial charge in [0.15, 0.2) is 0 Å². The second-order valence-electron chi connectivity index (χ2n) is 6.31. The van der Waals surface area contributed by atoms with Gasteiger partial charge in [0, 0.05) is 12.8 Å². The van der Waals surface area contributed by atoms with Crippen LogP contribution in [0.15, 0.2) is 0 Å². The maximum atomic E-state index is 11.2. The molecule has 2 heterocycles. The van der Waals surface area contributed by atoms with Gasteiger partial charge in [0.05, 0.1) is 13.2 Å². The second kappa shape index (κ2) is 11.2. The molecule has 0 aliphatic carbocycles. The highest BCUT2D eigenvalue weighted by molar-refractivity contribution is 8.00. The van der Waals surface area contributed by atoms with Gasteiger partial charge in [-0.2, -0.15) is 23.5 Å². The maximum Gasteiger partial charge on any atom is 0.306 e. The minimum atomic E-state index is -0.0196. The van der Waals surface area contributed by atoms with Crippen LogP contribution >= 0.6 is 23.5 Å². The summed E-state index contributed by atoms with van der Waals surface area (Å²) in [5.41, 5.74) is 0. The van der Waals surface area contributed by atoms with E-state index in [0.29, 0.717) is 37.9 Å². The van der Waals surface area contributed by atoms with E-state index in [2.05, 4.69) is 0 Å². The lowest BCUT2D eigenvalue weighted by Gasteiger charge is -2.21. The zero-order valence-corrected chi connectivity index (χ0v) is 15.4. The van der Waals surface area contributed by atoms with Crippen LogP contribution in [-0.2, 0) is 19.1 Å². The normalized spacial score (nSPS) is 25.0. The van der Waals surface area contributed by atoms with E-state index >= 15 is 0 Å². The first-order chi connectivity index (χ1) is 11.2. The van der Waals surface area contributed by atoms with Gasteiger partial charge >= 0.3 is 11.9 Å². The van der Waals surface area contributed by atoms with Crippen molar-refractivity contribution in [1.82, 2.24) is 0 Å². The molecule has 2 unspecified atom stereocenters. The maximum absolute atomic E-state index is 11.2. The van der Waals surface area contributed by atoms with Gasteiger partial charge < -0.3 is 9.47 Å². The Balaban J connectivity index is 1.35. The Morgan fingerprint density at radius 3 is 1.70 bits per heavy atom. The first-order valence-corrected chi connectivity index (χ1v) is 11.0. The Morgan fingerprint density at radius 1 is 0.783 bits per heavy atom. The van der Waals surface area contributed by atoms with E-state index < -0.39 is 0 Å². The van der Waals surface area contributed by atoms with E-state index in [-0.39, 0.29) is 11.9 Å². The smallest absolute Gasteiger partial charge is 0.306 e. The summed E-state index contributed by atoms with van der Waals surface area (Å²) in [5, 5.41) is 0. The van der Waals surface area contributed by atoms with E-state index in [1.807, 2.05) is 23.5 Å². The van der Waals surface area contributed by atoms with Crippen molar-refractivity contribution in [2.45, 2.75) is 44.9 Å². The number of thioether (sulfide) groups is 2. The Kier molecular flexibility index (Phi) is 9.27. The van der Waals surface area contributed by atoms with Crippen molar-refractivity contribution in [3.63, 3.8) is 0 Å². The van der Waals surface area contributed by atoms with Gasteiger partial charge in [-0.3, -0.25) is 9.59 Å². The van der Waals surface area contributed by atoms with Crippen molar-refractivity contribution in [3.8, 4) is 0 Å². The van der Waals surface area contributed by atoms with Gasteiger partial charge in [0.1, 0.15) is 0 Å². The van der Waals surface area contributed by atoms with E-state index in [4.69, 9.17) is 9.47 Å². The van der Waals surface area contributed by atoms with Crippen molar-refractivity contribution in [2.75, 3.05) is 36.2 Å². The second-order valence-corrected chi connectivity index (χ2v) is 8.76. The standard InChI is InChI=1S/C17H28O4S2/c18-16-12-14(2-6-20-16)4-10-22-8-1-9-23-11-5-15-3-7-21-17(19)13-15/h14-15H,1-13H2. The molecular formula is C17H28O4S2. The summed E-state index contributed by atoms with van der Waals surface area (Å²) in [6, 6.07) is 0. The molecule has 0 aromatic heterocycles. The van der Waals surface area contributed by atoms with Gasteiger partial charge in [-0.25, -0.2) is 0 Å². The van der Waals surface area contributed by atoms with Gasteiger partial charge in [-0.05, 0) is 67.0 Å². The van der Waals surface area contributed by atoms with Crippen molar-refractivity contribution in [2.24, 2.45) is 11.8 Å². The minimum absolute atomic E-state index is 0.0196. The van der Waals surface area contributed by atoms with Crippen LogP contribution in [0.5, 0.6) is 0 Å². The Bertz CT molecular complexity index is 342. The van der Waals surface area contributed by atoms with E-state index in [1.54, 1.807) is 0 Å². The molecule has 0 aromatic carbocycles.